The summed E-state index contributed by atoms with van der Waals surface area (Å²) in [6.45, 7) is 2.16. The van der Waals surface area contributed by atoms with Crippen molar-refractivity contribution in [3.8, 4) is 11.3 Å². The van der Waals surface area contributed by atoms with Gasteiger partial charge >= 0.3 is 5.69 Å². The molecule has 162 valence electrons. The zero-order valence-corrected chi connectivity index (χ0v) is 17.8. The van der Waals surface area contributed by atoms with E-state index in [9.17, 15) is 4.79 Å². The molecule has 7 nitrogen and oxygen atoms in total. The van der Waals surface area contributed by atoms with Gasteiger partial charge in [0.2, 0.25) is 0 Å². The third kappa shape index (κ3) is 4.09. The Balaban J connectivity index is 1.35. The van der Waals surface area contributed by atoms with Crippen LogP contribution in [0.25, 0.3) is 22.2 Å². The lowest BCUT2D eigenvalue weighted by Crippen LogP contribution is -2.18. The molecule has 0 amide bonds. The van der Waals surface area contributed by atoms with Gasteiger partial charge in [-0.2, -0.15) is 0 Å². The second-order valence-electron chi connectivity index (χ2n) is 7.86. The van der Waals surface area contributed by atoms with E-state index in [1.54, 1.807) is 12.5 Å². The highest BCUT2D eigenvalue weighted by molar-refractivity contribution is 5.83. The molecule has 0 spiro atoms. The van der Waals surface area contributed by atoms with E-state index in [0.717, 1.165) is 48.5 Å². The Hall–Kier alpha value is -4.00. The number of rotatable bonds is 9. The van der Waals surface area contributed by atoms with Crippen LogP contribution in [-0.2, 0) is 19.5 Å². The summed E-state index contributed by atoms with van der Waals surface area (Å²) in [6, 6.07) is 18.4. The van der Waals surface area contributed by atoms with Crippen LogP contribution in [0, 0.1) is 0 Å². The number of aromatic amines is 2. The van der Waals surface area contributed by atoms with Gasteiger partial charge < -0.3 is 14.9 Å². The highest BCUT2D eigenvalue weighted by atomic mass is 16.1. The lowest BCUT2D eigenvalue weighted by molar-refractivity contribution is 0.557. The van der Waals surface area contributed by atoms with Crippen molar-refractivity contribution in [3.63, 3.8) is 0 Å². The van der Waals surface area contributed by atoms with Crippen LogP contribution in [0.5, 0.6) is 0 Å². The molecule has 32 heavy (non-hydrogen) atoms. The molecule has 0 aliphatic carbocycles. The molecule has 0 fully saturated rings. The summed E-state index contributed by atoms with van der Waals surface area (Å²) in [5.74, 6) is 0.767. The number of H-pyrrole nitrogens is 2. The van der Waals surface area contributed by atoms with Gasteiger partial charge in [0.15, 0.2) is 0 Å². The first kappa shape index (κ1) is 19.9. The number of fused-ring (bicyclic) bond motifs is 1. The van der Waals surface area contributed by atoms with Crippen LogP contribution in [-0.4, -0.2) is 30.6 Å². The number of imidazole rings is 2. The molecule has 5 rings (SSSR count). The molecule has 2 aromatic carbocycles. The van der Waals surface area contributed by atoms with Crippen LogP contribution in [0.2, 0.25) is 0 Å². The summed E-state index contributed by atoms with van der Waals surface area (Å²) in [6.07, 6.45) is 9.27. The largest absolute Gasteiger partial charge is 0.369 e. The van der Waals surface area contributed by atoms with Crippen molar-refractivity contribution in [2.75, 3.05) is 11.9 Å². The van der Waals surface area contributed by atoms with E-state index in [1.807, 2.05) is 51.7 Å². The highest BCUT2D eigenvalue weighted by Crippen LogP contribution is 2.26. The number of benzene rings is 2. The summed E-state index contributed by atoms with van der Waals surface area (Å²) < 4.78 is 3.86. The summed E-state index contributed by atoms with van der Waals surface area (Å²) in [5.41, 5.74) is 4.23. The lowest BCUT2D eigenvalue weighted by atomic mass is 10.1. The second-order valence-corrected chi connectivity index (χ2v) is 7.86. The van der Waals surface area contributed by atoms with Crippen molar-refractivity contribution in [3.05, 3.63) is 95.6 Å². The van der Waals surface area contributed by atoms with Crippen molar-refractivity contribution < 1.29 is 0 Å². The molecule has 0 atom stereocenters. The molecule has 0 saturated carbocycles. The van der Waals surface area contributed by atoms with Crippen LogP contribution in [0.3, 0.4) is 0 Å². The first-order valence-corrected chi connectivity index (χ1v) is 10.9. The maximum Gasteiger partial charge on any atom is 0.327 e. The first-order valence-electron chi connectivity index (χ1n) is 10.9. The summed E-state index contributed by atoms with van der Waals surface area (Å²) >= 11 is 0. The topological polar surface area (TPSA) is 83.4 Å². The number of hydrogen-bond acceptors (Lipinski definition) is 3. The Bertz CT molecular complexity index is 1340. The first-order chi connectivity index (χ1) is 15.8. The number of hydrogen-bond donors (Lipinski definition) is 3. The monoisotopic (exact) mass is 426 g/mol. The van der Waals surface area contributed by atoms with Gasteiger partial charge in [0.1, 0.15) is 5.82 Å². The molecule has 3 aromatic heterocycles. The number of aryl methyl sites for hydroxylation is 1. The van der Waals surface area contributed by atoms with Crippen LogP contribution in [0.4, 0.5) is 5.82 Å². The normalized spacial score (nSPS) is 11.2. The van der Waals surface area contributed by atoms with E-state index < -0.39 is 0 Å². The van der Waals surface area contributed by atoms with E-state index in [0.29, 0.717) is 6.54 Å². The molecule has 0 saturated heterocycles. The molecule has 0 unspecified atom stereocenters. The number of anilines is 1. The standard InChI is InChI=1S/C25H26N6O/c32-25-29-24(27-12-11-20-17-28-22-10-5-4-9-21(20)22)23(19-7-2-1-3-8-19)31(25)15-6-14-30-16-13-26-18-30/h1-5,7-10,13,16-18,27-28H,6,11-12,14-15H2,(H,29,32). The summed E-state index contributed by atoms with van der Waals surface area (Å²) in [7, 11) is 0. The molecule has 0 aliphatic heterocycles. The number of nitrogens with one attached hydrogen (secondary N) is 3. The van der Waals surface area contributed by atoms with Crippen molar-refractivity contribution in [1.29, 1.82) is 0 Å². The number of para-hydroxylation sites is 1. The molecule has 7 heteroatoms. The maximum atomic E-state index is 12.8. The van der Waals surface area contributed by atoms with Crippen LogP contribution >= 0.6 is 0 Å². The quantitative estimate of drug-likeness (QED) is 0.329. The van der Waals surface area contributed by atoms with Crippen LogP contribution < -0.4 is 11.0 Å². The van der Waals surface area contributed by atoms with E-state index in [1.165, 1.54) is 10.9 Å². The van der Waals surface area contributed by atoms with Crippen LogP contribution in [0.1, 0.15) is 12.0 Å². The minimum Gasteiger partial charge on any atom is -0.369 e. The molecule has 0 aliphatic rings. The van der Waals surface area contributed by atoms with Gasteiger partial charge in [-0.05, 0) is 24.5 Å². The molecule has 3 N–H and O–H groups in total. The summed E-state index contributed by atoms with van der Waals surface area (Å²) in [5, 5.41) is 4.71. The van der Waals surface area contributed by atoms with E-state index >= 15 is 0 Å². The van der Waals surface area contributed by atoms with E-state index in [-0.39, 0.29) is 5.69 Å². The van der Waals surface area contributed by atoms with Crippen LogP contribution in [0.15, 0.2) is 84.3 Å². The van der Waals surface area contributed by atoms with Gasteiger partial charge in [0.05, 0.1) is 12.0 Å². The fourth-order valence-corrected chi connectivity index (χ4v) is 4.20. The zero-order chi connectivity index (χ0) is 21.8. The van der Waals surface area contributed by atoms with Gasteiger partial charge in [0, 0.05) is 54.7 Å². The predicted octanol–water partition coefficient (Wildman–Crippen LogP) is 4.27. The minimum absolute atomic E-state index is 0.0934. The Kier molecular flexibility index (Phi) is 5.61. The zero-order valence-electron chi connectivity index (χ0n) is 17.8. The molecular weight excluding hydrogens is 400 g/mol. The number of aromatic nitrogens is 5. The van der Waals surface area contributed by atoms with Gasteiger partial charge in [-0.1, -0.05) is 48.5 Å². The molecule has 0 radical (unpaired) electrons. The van der Waals surface area contributed by atoms with Crippen molar-refractivity contribution in [2.45, 2.75) is 25.9 Å². The molecule has 0 bridgehead atoms. The Morgan fingerprint density at radius 2 is 1.84 bits per heavy atom. The van der Waals surface area contributed by atoms with Crippen molar-refractivity contribution >= 4 is 16.7 Å². The second kappa shape index (κ2) is 9.01. The van der Waals surface area contributed by atoms with Gasteiger partial charge in [-0.25, -0.2) is 9.78 Å². The Labute approximate surface area is 185 Å². The average Bonchev–Trinajstić information content (AvgIpc) is 3.55. The maximum absolute atomic E-state index is 12.8. The Morgan fingerprint density at radius 3 is 2.69 bits per heavy atom. The third-order valence-corrected chi connectivity index (χ3v) is 5.76. The Morgan fingerprint density at radius 1 is 1.00 bits per heavy atom. The van der Waals surface area contributed by atoms with Crippen molar-refractivity contribution in [1.82, 2.24) is 24.1 Å². The molecule has 3 heterocycles. The highest BCUT2D eigenvalue weighted by Gasteiger charge is 2.16. The van der Waals surface area contributed by atoms with Crippen molar-refractivity contribution in [2.24, 2.45) is 0 Å². The van der Waals surface area contributed by atoms with Gasteiger partial charge in [0.25, 0.3) is 0 Å². The SMILES string of the molecule is O=c1[nH]c(NCCc2c[nH]c3ccccc23)c(-c2ccccc2)n1CCCn1ccnc1. The minimum atomic E-state index is -0.0934. The lowest BCUT2D eigenvalue weighted by Gasteiger charge is -2.11. The average molecular weight is 427 g/mol. The smallest absolute Gasteiger partial charge is 0.327 e. The molecular formula is C25H26N6O. The fraction of sp³-hybridized carbons (Fsp3) is 0.200. The fourth-order valence-electron chi connectivity index (χ4n) is 4.20. The predicted molar refractivity (Wildman–Crippen MR) is 128 cm³/mol. The number of nitrogens with zero attached hydrogens (tertiary/aromatic N) is 3. The summed E-state index contributed by atoms with van der Waals surface area (Å²) in [4.78, 5) is 23.3. The van der Waals surface area contributed by atoms with E-state index in [4.69, 9.17) is 0 Å². The third-order valence-electron chi connectivity index (χ3n) is 5.76. The van der Waals surface area contributed by atoms with E-state index in [2.05, 4.69) is 44.7 Å². The van der Waals surface area contributed by atoms with Gasteiger partial charge in [-0.15, -0.1) is 0 Å². The molecule has 5 aromatic rings. The van der Waals surface area contributed by atoms with Gasteiger partial charge in [-0.3, -0.25) is 9.55 Å².